The van der Waals surface area contributed by atoms with E-state index in [-0.39, 0.29) is 0 Å². The number of nitrogens with one attached hydrogen (secondary N) is 1. The molecule has 0 amide bonds. The first-order chi connectivity index (χ1) is 7.81. The number of methoxy groups -OCH3 is 1. The Bertz CT molecular complexity index is 282. The van der Waals surface area contributed by atoms with Gasteiger partial charge in [-0.2, -0.15) is 5.10 Å². The van der Waals surface area contributed by atoms with Crippen molar-refractivity contribution in [3.05, 3.63) is 18.0 Å². The minimum atomic E-state index is 0.535. The van der Waals surface area contributed by atoms with Crippen LogP contribution in [-0.2, 0) is 11.3 Å². The van der Waals surface area contributed by atoms with Crippen LogP contribution in [-0.4, -0.2) is 30.0 Å². The van der Waals surface area contributed by atoms with Gasteiger partial charge in [0.2, 0.25) is 0 Å². The van der Waals surface area contributed by atoms with E-state index in [0.717, 1.165) is 38.2 Å². The lowest BCUT2D eigenvalue weighted by atomic mass is 10.2. The molecule has 16 heavy (non-hydrogen) atoms. The third-order valence-electron chi connectivity index (χ3n) is 2.77. The predicted molar refractivity (Wildman–Crippen MR) is 65.4 cm³/mol. The molecule has 0 bridgehead atoms. The maximum absolute atomic E-state index is 4.97. The summed E-state index contributed by atoms with van der Waals surface area (Å²) >= 11 is 0. The summed E-state index contributed by atoms with van der Waals surface area (Å²) in [6, 6.07) is 2.62. The van der Waals surface area contributed by atoms with E-state index in [4.69, 9.17) is 4.74 Å². The Labute approximate surface area is 98.0 Å². The lowest BCUT2D eigenvalue weighted by Gasteiger charge is -2.12. The van der Waals surface area contributed by atoms with Crippen LogP contribution in [0.5, 0.6) is 0 Å². The average Bonchev–Trinajstić information content (AvgIpc) is 2.75. The second-order valence-electron chi connectivity index (χ2n) is 3.93. The van der Waals surface area contributed by atoms with E-state index in [2.05, 4.69) is 41.2 Å². The van der Waals surface area contributed by atoms with Crippen LogP contribution in [0.15, 0.2) is 12.3 Å². The van der Waals surface area contributed by atoms with E-state index < -0.39 is 0 Å². The summed E-state index contributed by atoms with van der Waals surface area (Å²) in [7, 11) is 1.71. The van der Waals surface area contributed by atoms with Crippen LogP contribution in [0.4, 0.5) is 0 Å². The first-order valence-corrected chi connectivity index (χ1v) is 6.05. The van der Waals surface area contributed by atoms with Crippen LogP contribution in [0.1, 0.15) is 38.4 Å². The van der Waals surface area contributed by atoms with Crippen molar-refractivity contribution in [3.63, 3.8) is 0 Å². The van der Waals surface area contributed by atoms with Gasteiger partial charge in [-0.15, -0.1) is 0 Å². The highest BCUT2D eigenvalue weighted by atomic mass is 16.5. The summed E-state index contributed by atoms with van der Waals surface area (Å²) in [6.45, 7) is 6.83. The van der Waals surface area contributed by atoms with E-state index in [0.29, 0.717) is 6.04 Å². The van der Waals surface area contributed by atoms with Gasteiger partial charge < -0.3 is 10.1 Å². The molecule has 1 N–H and O–H groups in total. The molecule has 0 saturated heterocycles. The first-order valence-electron chi connectivity index (χ1n) is 6.05. The predicted octanol–water partition coefficient (Wildman–Crippen LogP) is 1.98. The zero-order valence-corrected chi connectivity index (χ0v) is 10.6. The van der Waals surface area contributed by atoms with E-state index in [1.165, 1.54) is 0 Å². The third-order valence-corrected chi connectivity index (χ3v) is 2.77. The molecule has 92 valence electrons. The molecule has 0 saturated carbocycles. The first kappa shape index (κ1) is 13.2. The number of ether oxygens (including phenoxy) is 1. The number of aromatic nitrogens is 2. The Morgan fingerprint density at radius 2 is 2.19 bits per heavy atom. The Morgan fingerprint density at radius 1 is 1.44 bits per heavy atom. The Kier molecular flexibility index (Phi) is 6.11. The molecule has 1 rings (SSSR count). The van der Waals surface area contributed by atoms with Crippen molar-refractivity contribution >= 4 is 0 Å². The fourth-order valence-electron chi connectivity index (χ4n) is 1.73. The van der Waals surface area contributed by atoms with Gasteiger partial charge in [-0.05, 0) is 18.9 Å². The zero-order valence-electron chi connectivity index (χ0n) is 10.6. The minimum absolute atomic E-state index is 0.535. The zero-order chi connectivity index (χ0) is 11.8. The van der Waals surface area contributed by atoms with E-state index >= 15 is 0 Å². The summed E-state index contributed by atoms with van der Waals surface area (Å²) in [5, 5.41) is 7.85. The van der Waals surface area contributed by atoms with E-state index in [1.54, 1.807) is 7.11 Å². The lowest BCUT2D eigenvalue weighted by molar-refractivity contribution is 0.199. The van der Waals surface area contributed by atoms with Gasteiger partial charge in [-0.25, -0.2) is 0 Å². The van der Waals surface area contributed by atoms with Crippen molar-refractivity contribution in [2.45, 2.75) is 39.3 Å². The number of rotatable bonds is 8. The molecule has 0 radical (unpaired) electrons. The molecule has 0 aromatic carbocycles. The molecule has 0 aliphatic carbocycles. The monoisotopic (exact) mass is 225 g/mol. The van der Waals surface area contributed by atoms with Crippen molar-refractivity contribution in [3.8, 4) is 0 Å². The second kappa shape index (κ2) is 7.41. The van der Waals surface area contributed by atoms with Crippen LogP contribution >= 0.6 is 0 Å². The molecule has 1 aromatic heterocycles. The van der Waals surface area contributed by atoms with Gasteiger partial charge in [0, 0.05) is 26.4 Å². The van der Waals surface area contributed by atoms with Crippen LogP contribution < -0.4 is 5.32 Å². The number of nitrogens with zero attached hydrogens (tertiary/aromatic N) is 2. The standard InChI is InChI=1S/C12H23N3O/c1-4-12(5-2)15-8-6-11(14-15)10-13-7-9-16-3/h6,8,12-13H,4-5,7,9-10H2,1-3H3. The largest absolute Gasteiger partial charge is 0.383 e. The number of hydrogen-bond donors (Lipinski definition) is 1. The van der Waals surface area contributed by atoms with Crippen molar-refractivity contribution in [2.24, 2.45) is 0 Å². The maximum Gasteiger partial charge on any atom is 0.0762 e. The van der Waals surface area contributed by atoms with Crippen molar-refractivity contribution < 1.29 is 4.74 Å². The van der Waals surface area contributed by atoms with Crippen molar-refractivity contribution in [1.29, 1.82) is 0 Å². The summed E-state index contributed by atoms with van der Waals surface area (Å²) in [4.78, 5) is 0. The molecule has 0 aliphatic rings. The third kappa shape index (κ3) is 3.94. The van der Waals surface area contributed by atoms with Crippen LogP contribution in [0.25, 0.3) is 0 Å². The molecule has 0 aliphatic heterocycles. The Morgan fingerprint density at radius 3 is 2.81 bits per heavy atom. The van der Waals surface area contributed by atoms with Gasteiger partial charge in [-0.1, -0.05) is 13.8 Å². The number of hydrogen-bond acceptors (Lipinski definition) is 3. The molecule has 4 heteroatoms. The Hall–Kier alpha value is -0.870. The molecule has 4 nitrogen and oxygen atoms in total. The second-order valence-corrected chi connectivity index (χ2v) is 3.93. The van der Waals surface area contributed by atoms with E-state index in [1.807, 2.05) is 0 Å². The summed E-state index contributed by atoms with van der Waals surface area (Å²) in [6.07, 6.45) is 4.34. The van der Waals surface area contributed by atoms with Gasteiger partial charge in [0.15, 0.2) is 0 Å². The highest BCUT2D eigenvalue weighted by molar-refractivity contribution is 4.99. The van der Waals surface area contributed by atoms with Crippen molar-refractivity contribution in [2.75, 3.05) is 20.3 Å². The molecule has 1 aromatic rings. The highest BCUT2D eigenvalue weighted by Gasteiger charge is 2.07. The molecule has 0 fully saturated rings. The van der Waals surface area contributed by atoms with Gasteiger partial charge in [-0.3, -0.25) is 4.68 Å². The van der Waals surface area contributed by atoms with Gasteiger partial charge in [0.05, 0.1) is 18.3 Å². The molecule has 1 heterocycles. The molecule has 0 atom stereocenters. The molecular formula is C12H23N3O. The average molecular weight is 225 g/mol. The van der Waals surface area contributed by atoms with Crippen LogP contribution in [0, 0.1) is 0 Å². The molecule has 0 spiro atoms. The van der Waals surface area contributed by atoms with Gasteiger partial charge >= 0.3 is 0 Å². The lowest BCUT2D eigenvalue weighted by Crippen LogP contribution is -2.19. The van der Waals surface area contributed by atoms with Gasteiger partial charge in [0.1, 0.15) is 0 Å². The summed E-state index contributed by atoms with van der Waals surface area (Å²) in [5.41, 5.74) is 1.10. The Balaban J connectivity index is 2.38. The van der Waals surface area contributed by atoms with Crippen molar-refractivity contribution in [1.82, 2.24) is 15.1 Å². The topological polar surface area (TPSA) is 39.1 Å². The smallest absolute Gasteiger partial charge is 0.0762 e. The quantitative estimate of drug-likeness (QED) is 0.688. The molecule has 0 unspecified atom stereocenters. The maximum atomic E-state index is 4.97. The van der Waals surface area contributed by atoms with Crippen LogP contribution in [0.3, 0.4) is 0 Å². The fourth-order valence-corrected chi connectivity index (χ4v) is 1.73. The summed E-state index contributed by atoms with van der Waals surface area (Å²) in [5.74, 6) is 0. The summed E-state index contributed by atoms with van der Waals surface area (Å²) < 4.78 is 7.05. The van der Waals surface area contributed by atoms with E-state index in [9.17, 15) is 0 Å². The normalized spacial score (nSPS) is 11.2. The van der Waals surface area contributed by atoms with Gasteiger partial charge in [0.25, 0.3) is 0 Å². The highest BCUT2D eigenvalue weighted by Crippen LogP contribution is 2.14. The fraction of sp³-hybridized carbons (Fsp3) is 0.750. The van der Waals surface area contributed by atoms with Crippen LogP contribution in [0.2, 0.25) is 0 Å². The SMILES string of the molecule is CCC(CC)n1ccc(CNCCOC)n1. The molecular weight excluding hydrogens is 202 g/mol. The minimum Gasteiger partial charge on any atom is -0.383 e.